The van der Waals surface area contributed by atoms with Crippen LogP contribution in [0.3, 0.4) is 0 Å². The lowest BCUT2D eigenvalue weighted by atomic mass is 10.3. The van der Waals surface area contributed by atoms with E-state index in [9.17, 15) is 0 Å². The minimum absolute atomic E-state index is 0.356. The first-order valence-corrected chi connectivity index (χ1v) is 5.90. The lowest BCUT2D eigenvalue weighted by molar-refractivity contribution is 0.141. The SMILES string of the molecule is CCOCC(C)Nc1ccc(I)cc1. The monoisotopic (exact) mass is 305 g/mol. The summed E-state index contributed by atoms with van der Waals surface area (Å²) in [4.78, 5) is 0. The van der Waals surface area contributed by atoms with Crippen molar-refractivity contribution < 1.29 is 4.74 Å². The minimum atomic E-state index is 0.356. The summed E-state index contributed by atoms with van der Waals surface area (Å²) < 4.78 is 6.58. The molecule has 0 amide bonds. The van der Waals surface area contributed by atoms with Crippen LogP contribution in [-0.2, 0) is 4.74 Å². The van der Waals surface area contributed by atoms with Crippen LogP contribution in [-0.4, -0.2) is 19.3 Å². The Bertz CT molecular complexity index is 260. The average Bonchev–Trinajstić information content (AvgIpc) is 2.18. The van der Waals surface area contributed by atoms with Crippen LogP contribution in [0, 0.1) is 3.57 Å². The third-order valence-electron chi connectivity index (χ3n) is 1.83. The molecule has 1 aromatic carbocycles. The first kappa shape index (κ1) is 11.8. The molecule has 0 aliphatic rings. The molecular weight excluding hydrogens is 289 g/mol. The van der Waals surface area contributed by atoms with Crippen molar-refractivity contribution in [3.05, 3.63) is 27.8 Å². The molecule has 0 aliphatic heterocycles. The molecule has 1 N–H and O–H groups in total. The van der Waals surface area contributed by atoms with Gasteiger partial charge < -0.3 is 10.1 Å². The van der Waals surface area contributed by atoms with Gasteiger partial charge in [0.2, 0.25) is 0 Å². The summed E-state index contributed by atoms with van der Waals surface area (Å²) in [5.41, 5.74) is 1.15. The summed E-state index contributed by atoms with van der Waals surface area (Å²) in [6, 6.07) is 8.72. The second-order valence-corrected chi connectivity index (χ2v) is 4.46. The third kappa shape index (κ3) is 4.28. The van der Waals surface area contributed by atoms with Crippen LogP contribution in [0.5, 0.6) is 0 Å². The van der Waals surface area contributed by atoms with Crippen molar-refractivity contribution in [2.75, 3.05) is 18.5 Å². The molecular formula is C11H16INO. The zero-order valence-electron chi connectivity index (χ0n) is 8.59. The van der Waals surface area contributed by atoms with Gasteiger partial charge in [0.15, 0.2) is 0 Å². The highest BCUT2D eigenvalue weighted by Crippen LogP contribution is 2.12. The Morgan fingerprint density at radius 1 is 1.36 bits per heavy atom. The second-order valence-electron chi connectivity index (χ2n) is 3.21. The molecule has 0 radical (unpaired) electrons. The average molecular weight is 305 g/mol. The molecule has 2 nitrogen and oxygen atoms in total. The summed E-state index contributed by atoms with van der Waals surface area (Å²) in [5.74, 6) is 0. The van der Waals surface area contributed by atoms with Crippen LogP contribution in [0.4, 0.5) is 5.69 Å². The standard InChI is InChI=1S/C11H16INO/c1-3-14-8-9(2)13-11-6-4-10(12)5-7-11/h4-7,9,13H,3,8H2,1-2H3. The highest BCUT2D eigenvalue weighted by molar-refractivity contribution is 14.1. The molecule has 0 spiro atoms. The van der Waals surface area contributed by atoms with Gasteiger partial charge in [-0.1, -0.05) is 0 Å². The number of hydrogen-bond donors (Lipinski definition) is 1. The van der Waals surface area contributed by atoms with E-state index >= 15 is 0 Å². The van der Waals surface area contributed by atoms with E-state index in [1.807, 2.05) is 6.92 Å². The van der Waals surface area contributed by atoms with Crippen LogP contribution < -0.4 is 5.32 Å². The highest BCUT2D eigenvalue weighted by atomic mass is 127. The van der Waals surface area contributed by atoms with Crippen LogP contribution >= 0.6 is 22.6 Å². The summed E-state index contributed by atoms with van der Waals surface area (Å²) in [5, 5.41) is 3.38. The minimum Gasteiger partial charge on any atom is -0.380 e. The van der Waals surface area contributed by atoms with Crippen molar-refractivity contribution in [3.63, 3.8) is 0 Å². The number of rotatable bonds is 5. The molecule has 0 aromatic heterocycles. The Morgan fingerprint density at radius 2 is 2.00 bits per heavy atom. The molecule has 1 unspecified atom stereocenters. The molecule has 0 fully saturated rings. The van der Waals surface area contributed by atoms with Gasteiger partial charge in [-0.2, -0.15) is 0 Å². The molecule has 0 bridgehead atoms. The Hall–Kier alpha value is -0.290. The third-order valence-corrected chi connectivity index (χ3v) is 2.55. The Labute approximate surface area is 99.2 Å². The van der Waals surface area contributed by atoms with Gasteiger partial charge in [-0.3, -0.25) is 0 Å². The van der Waals surface area contributed by atoms with Crippen molar-refractivity contribution in [1.29, 1.82) is 0 Å². The van der Waals surface area contributed by atoms with Crippen molar-refractivity contribution in [2.45, 2.75) is 19.9 Å². The maximum absolute atomic E-state index is 5.33. The van der Waals surface area contributed by atoms with Gasteiger partial charge in [-0.05, 0) is 60.7 Å². The number of anilines is 1. The largest absolute Gasteiger partial charge is 0.380 e. The van der Waals surface area contributed by atoms with Gasteiger partial charge in [0.25, 0.3) is 0 Å². The summed E-state index contributed by atoms with van der Waals surface area (Å²) in [6.07, 6.45) is 0. The van der Waals surface area contributed by atoms with Gasteiger partial charge in [-0.15, -0.1) is 0 Å². The first-order valence-electron chi connectivity index (χ1n) is 4.82. The van der Waals surface area contributed by atoms with Crippen LogP contribution in [0.15, 0.2) is 24.3 Å². The normalized spacial score (nSPS) is 12.5. The number of benzene rings is 1. The second kappa shape index (κ2) is 6.24. The van der Waals surface area contributed by atoms with Crippen molar-refractivity contribution in [2.24, 2.45) is 0 Å². The van der Waals surface area contributed by atoms with Crippen LogP contribution in [0.25, 0.3) is 0 Å². The number of hydrogen-bond acceptors (Lipinski definition) is 2. The van der Waals surface area contributed by atoms with E-state index in [0.29, 0.717) is 6.04 Å². The highest BCUT2D eigenvalue weighted by Gasteiger charge is 2.00. The summed E-state index contributed by atoms with van der Waals surface area (Å²) >= 11 is 2.30. The fourth-order valence-electron chi connectivity index (χ4n) is 1.17. The zero-order valence-corrected chi connectivity index (χ0v) is 10.7. The number of ether oxygens (including phenoxy) is 1. The number of halogens is 1. The lowest BCUT2D eigenvalue weighted by Gasteiger charge is -2.14. The molecule has 0 saturated carbocycles. The topological polar surface area (TPSA) is 21.3 Å². The predicted octanol–water partition coefficient (Wildman–Crippen LogP) is 3.13. The van der Waals surface area contributed by atoms with Crippen molar-refractivity contribution >= 4 is 28.3 Å². The van der Waals surface area contributed by atoms with E-state index in [0.717, 1.165) is 18.9 Å². The molecule has 14 heavy (non-hydrogen) atoms. The number of nitrogens with one attached hydrogen (secondary N) is 1. The first-order chi connectivity index (χ1) is 6.72. The molecule has 1 aromatic rings. The van der Waals surface area contributed by atoms with E-state index in [1.54, 1.807) is 0 Å². The van der Waals surface area contributed by atoms with E-state index < -0.39 is 0 Å². The van der Waals surface area contributed by atoms with Crippen LogP contribution in [0.1, 0.15) is 13.8 Å². The fourth-order valence-corrected chi connectivity index (χ4v) is 1.53. The maximum atomic E-state index is 5.33. The van der Waals surface area contributed by atoms with Gasteiger partial charge in [0.1, 0.15) is 0 Å². The molecule has 0 aliphatic carbocycles. The maximum Gasteiger partial charge on any atom is 0.0664 e. The Morgan fingerprint density at radius 3 is 2.57 bits per heavy atom. The van der Waals surface area contributed by atoms with Gasteiger partial charge in [0.05, 0.1) is 6.61 Å². The van der Waals surface area contributed by atoms with E-state index in [2.05, 4.69) is 59.1 Å². The van der Waals surface area contributed by atoms with Crippen molar-refractivity contribution in [1.82, 2.24) is 0 Å². The lowest BCUT2D eigenvalue weighted by Crippen LogP contribution is -2.21. The van der Waals surface area contributed by atoms with E-state index in [1.165, 1.54) is 3.57 Å². The molecule has 1 atom stereocenters. The van der Waals surface area contributed by atoms with Gasteiger partial charge in [-0.25, -0.2) is 0 Å². The molecule has 3 heteroatoms. The van der Waals surface area contributed by atoms with E-state index in [4.69, 9.17) is 4.74 Å². The van der Waals surface area contributed by atoms with E-state index in [-0.39, 0.29) is 0 Å². The zero-order chi connectivity index (χ0) is 10.4. The van der Waals surface area contributed by atoms with Crippen molar-refractivity contribution in [3.8, 4) is 0 Å². The smallest absolute Gasteiger partial charge is 0.0664 e. The fraction of sp³-hybridized carbons (Fsp3) is 0.455. The predicted molar refractivity (Wildman–Crippen MR) is 68.7 cm³/mol. The van der Waals surface area contributed by atoms with Crippen LogP contribution in [0.2, 0.25) is 0 Å². The van der Waals surface area contributed by atoms with Gasteiger partial charge >= 0.3 is 0 Å². The molecule has 0 heterocycles. The Kier molecular flexibility index (Phi) is 5.25. The molecule has 1 rings (SSSR count). The molecule has 78 valence electrons. The Balaban J connectivity index is 2.39. The molecule has 0 saturated heterocycles. The van der Waals surface area contributed by atoms with Gasteiger partial charge in [0, 0.05) is 21.9 Å². The summed E-state index contributed by atoms with van der Waals surface area (Å²) in [7, 11) is 0. The quantitative estimate of drug-likeness (QED) is 0.844. The summed E-state index contributed by atoms with van der Waals surface area (Å²) in [6.45, 7) is 5.66.